The molecule has 2 aromatic rings. The Hall–Kier alpha value is -0.910. The smallest absolute Gasteiger partial charge is 0.233 e. The van der Waals surface area contributed by atoms with E-state index in [0.717, 1.165) is 10.6 Å². The highest BCUT2D eigenvalue weighted by molar-refractivity contribution is 7.16. The molecule has 0 unspecified atom stereocenters. The predicted molar refractivity (Wildman–Crippen MR) is 78.6 cm³/mol. The van der Waals surface area contributed by atoms with Crippen LogP contribution in [0.25, 0.3) is 10.6 Å². The number of anilines is 1. The Morgan fingerprint density at radius 1 is 1.50 bits per heavy atom. The molecule has 2 heterocycles. The molecule has 0 radical (unpaired) electrons. The molecule has 0 aliphatic rings. The Kier molecular flexibility index (Phi) is 4.04. The van der Waals surface area contributed by atoms with Crippen LogP contribution in [-0.2, 0) is 4.79 Å². The van der Waals surface area contributed by atoms with Crippen LogP contribution in [0.4, 0.5) is 5.13 Å². The number of nitrogens with zero attached hydrogens (tertiary/aromatic N) is 1. The standard InChI is InChI=1S/C12H13ClN2OS2/c1-12(2,7-13)10(16)15-11-14-8(6-18-11)9-4-3-5-17-9/h3-6H,7H2,1-2H3,(H,14,15,16). The van der Waals surface area contributed by atoms with E-state index < -0.39 is 5.41 Å². The second-order valence-corrected chi connectivity index (χ2v) is 6.56. The summed E-state index contributed by atoms with van der Waals surface area (Å²) in [5.74, 6) is 0.173. The largest absolute Gasteiger partial charge is 0.301 e. The number of nitrogens with one attached hydrogen (secondary N) is 1. The van der Waals surface area contributed by atoms with E-state index in [1.54, 1.807) is 11.3 Å². The summed E-state index contributed by atoms with van der Waals surface area (Å²) in [5.41, 5.74) is 0.310. The fraction of sp³-hybridized carbons (Fsp3) is 0.333. The van der Waals surface area contributed by atoms with Crippen molar-refractivity contribution in [3.63, 3.8) is 0 Å². The van der Waals surface area contributed by atoms with E-state index in [1.807, 2.05) is 36.7 Å². The third kappa shape index (κ3) is 2.91. The maximum atomic E-state index is 11.9. The minimum Gasteiger partial charge on any atom is -0.301 e. The highest BCUT2D eigenvalue weighted by atomic mass is 35.5. The van der Waals surface area contributed by atoms with Crippen LogP contribution in [0.2, 0.25) is 0 Å². The monoisotopic (exact) mass is 300 g/mol. The SMILES string of the molecule is CC(C)(CCl)C(=O)Nc1nc(-c2cccs2)cs1. The number of carbonyl (C=O) groups excluding carboxylic acids is 1. The number of halogens is 1. The molecule has 6 heteroatoms. The van der Waals surface area contributed by atoms with Gasteiger partial charge in [0.05, 0.1) is 16.0 Å². The molecule has 2 rings (SSSR count). The van der Waals surface area contributed by atoms with Gasteiger partial charge in [-0.05, 0) is 25.3 Å². The van der Waals surface area contributed by atoms with Crippen LogP contribution in [0.1, 0.15) is 13.8 Å². The lowest BCUT2D eigenvalue weighted by Crippen LogP contribution is -2.32. The van der Waals surface area contributed by atoms with Crippen molar-refractivity contribution >= 4 is 45.3 Å². The number of alkyl halides is 1. The average molecular weight is 301 g/mol. The second-order valence-electron chi connectivity index (χ2n) is 4.49. The Morgan fingerprint density at radius 3 is 2.89 bits per heavy atom. The van der Waals surface area contributed by atoms with E-state index in [4.69, 9.17) is 11.6 Å². The number of hydrogen-bond donors (Lipinski definition) is 1. The molecular weight excluding hydrogens is 288 g/mol. The quantitative estimate of drug-likeness (QED) is 0.865. The lowest BCUT2D eigenvalue weighted by Gasteiger charge is -2.18. The summed E-state index contributed by atoms with van der Waals surface area (Å²) in [6.07, 6.45) is 0. The average Bonchev–Trinajstić information content (AvgIpc) is 2.98. The molecule has 0 fully saturated rings. The first kappa shape index (κ1) is 13.5. The van der Waals surface area contributed by atoms with E-state index >= 15 is 0 Å². The number of amides is 1. The van der Waals surface area contributed by atoms with Gasteiger partial charge in [-0.3, -0.25) is 4.79 Å². The number of rotatable bonds is 4. The van der Waals surface area contributed by atoms with Gasteiger partial charge in [0.15, 0.2) is 5.13 Å². The number of aromatic nitrogens is 1. The number of thiazole rings is 1. The molecule has 0 spiro atoms. The van der Waals surface area contributed by atoms with Crippen molar-refractivity contribution in [2.24, 2.45) is 5.41 Å². The fourth-order valence-electron chi connectivity index (χ4n) is 1.20. The lowest BCUT2D eigenvalue weighted by atomic mass is 9.95. The molecule has 0 saturated heterocycles. The van der Waals surface area contributed by atoms with Crippen LogP contribution in [0, 0.1) is 5.41 Å². The van der Waals surface area contributed by atoms with Crippen molar-refractivity contribution in [3.05, 3.63) is 22.9 Å². The van der Waals surface area contributed by atoms with Crippen molar-refractivity contribution < 1.29 is 4.79 Å². The molecule has 0 aliphatic carbocycles. The first-order valence-electron chi connectivity index (χ1n) is 5.40. The highest BCUT2D eigenvalue weighted by Crippen LogP contribution is 2.29. The lowest BCUT2D eigenvalue weighted by molar-refractivity contribution is -0.122. The Morgan fingerprint density at radius 2 is 2.28 bits per heavy atom. The van der Waals surface area contributed by atoms with E-state index in [0.29, 0.717) is 5.13 Å². The van der Waals surface area contributed by atoms with Gasteiger partial charge in [-0.15, -0.1) is 34.3 Å². The Balaban J connectivity index is 2.10. The van der Waals surface area contributed by atoms with Crippen LogP contribution < -0.4 is 5.32 Å². The van der Waals surface area contributed by atoms with Crippen molar-refractivity contribution in [1.29, 1.82) is 0 Å². The van der Waals surface area contributed by atoms with Gasteiger partial charge in [-0.25, -0.2) is 4.98 Å². The molecular formula is C12H13ClN2OS2. The summed E-state index contributed by atoms with van der Waals surface area (Å²) in [5, 5.41) is 7.36. The summed E-state index contributed by atoms with van der Waals surface area (Å²) in [7, 11) is 0. The first-order valence-corrected chi connectivity index (χ1v) is 7.69. The van der Waals surface area contributed by atoms with Crippen LogP contribution in [-0.4, -0.2) is 16.8 Å². The zero-order valence-corrected chi connectivity index (χ0v) is 12.5. The molecule has 0 atom stereocenters. The van der Waals surface area contributed by atoms with Crippen molar-refractivity contribution in [3.8, 4) is 10.6 Å². The van der Waals surface area contributed by atoms with Crippen LogP contribution in [0.3, 0.4) is 0 Å². The molecule has 1 N–H and O–H groups in total. The third-order valence-electron chi connectivity index (χ3n) is 2.45. The molecule has 0 aliphatic heterocycles. The summed E-state index contributed by atoms with van der Waals surface area (Å²) >= 11 is 8.82. The van der Waals surface area contributed by atoms with E-state index in [-0.39, 0.29) is 11.8 Å². The molecule has 2 aromatic heterocycles. The van der Waals surface area contributed by atoms with E-state index in [9.17, 15) is 4.79 Å². The number of thiophene rings is 1. The highest BCUT2D eigenvalue weighted by Gasteiger charge is 2.27. The van der Waals surface area contributed by atoms with Crippen molar-refractivity contribution in [1.82, 2.24) is 4.98 Å². The fourth-order valence-corrected chi connectivity index (χ4v) is 2.78. The van der Waals surface area contributed by atoms with Crippen molar-refractivity contribution in [2.75, 3.05) is 11.2 Å². The molecule has 18 heavy (non-hydrogen) atoms. The predicted octanol–water partition coefficient (Wildman–Crippen LogP) is 4.08. The van der Waals surface area contributed by atoms with Crippen LogP contribution >= 0.6 is 34.3 Å². The minimum atomic E-state index is -0.587. The number of hydrogen-bond acceptors (Lipinski definition) is 4. The maximum Gasteiger partial charge on any atom is 0.233 e. The van der Waals surface area contributed by atoms with Gasteiger partial charge >= 0.3 is 0 Å². The summed E-state index contributed by atoms with van der Waals surface area (Å²) in [6, 6.07) is 3.99. The Labute approximate surface area is 119 Å². The minimum absolute atomic E-state index is 0.107. The van der Waals surface area contributed by atoms with Crippen LogP contribution in [0.5, 0.6) is 0 Å². The maximum absolute atomic E-state index is 11.9. The summed E-state index contributed by atoms with van der Waals surface area (Å²) in [4.78, 5) is 17.4. The molecule has 96 valence electrons. The van der Waals surface area contributed by atoms with Gasteiger partial charge in [0, 0.05) is 11.3 Å². The molecule has 0 bridgehead atoms. The van der Waals surface area contributed by atoms with E-state index in [2.05, 4.69) is 10.3 Å². The summed E-state index contributed by atoms with van der Waals surface area (Å²) in [6.45, 7) is 3.62. The van der Waals surface area contributed by atoms with E-state index in [1.165, 1.54) is 11.3 Å². The summed E-state index contributed by atoms with van der Waals surface area (Å²) < 4.78 is 0. The third-order valence-corrected chi connectivity index (χ3v) is 4.77. The van der Waals surface area contributed by atoms with Gasteiger partial charge in [0.25, 0.3) is 0 Å². The van der Waals surface area contributed by atoms with Crippen LogP contribution in [0.15, 0.2) is 22.9 Å². The van der Waals surface area contributed by atoms with Crippen molar-refractivity contribution in [2.45, 2.75) is 13.8 Å². The molecule has 0 saturated carbocycles. The van der Waals surface area contributed by atoms with Gasteiger partial charge in [0.1, 0.15) is 0 Å². The molecule has 3 nitrogen and oxygen atoms in total. The zero-order valence-electron chi connectivity index (χ0n) is 10.1. The van der Waals surface area contributed by atoms with Gasteiger partial charge in [-0.2, -0.15) is 0 Å². The van der Waals surface area contributed by atoms with Gasteiger partial charge in [0.2, 0.25) is 5.91 Å². The van der Waals surface area contributed by atoms with Gasteiger partial charge < -0.3 is 5.32 Å². The second kappa shape index (κ2) is 5.38. The first-order chi connectivity index (χ1) is 8.53. The molecule has 1 amide bonds. The van der Waals surface area contributed by atoms with Gasteiger partial charge in [-0.1, -0.05) is 6.07 Å². The zero-order chi connectivity index (χ0) is 13.2. The normalized spacial score (nSPS) is 11.5. The Bertz CT molecular complexity index is 534. The molecule has 0 aromatic carbocycles. The number of carbonyl (C=O) groups is 1. The topological polar surface area (TPSA) is 42.0 Å².